The normalized spacial score (nSPS) is 10.9. The van der Waals surface area contributed by atoms with Crippen LogP contribution in [0.5, 0.6) is 0 Å². The molecule has 8 heteroatoms. The molecule has 2 aromatic carbocycles. The molecule has 138 valence electrons. The van der Waals surface area contributed by atoms with E-state index in [1.165, 1.54) is 12.1 Å². The van der Waals surface area contributed by atoms with Crippen LogP contribution < -0.4 is 0 Å². The number of aromatic nitrogens is 4. The third-order valence-corrected chi connectivity index (χ3v) is 4.62. The summed E-state index contributed by atoms with van der Waals surface area (Å²) in [6, 6.07) is 14.0. The van der Waals surface area contributed by atoms with Gasteiger partial charge in [0.1, 0.15) is 11.6 Å². The minimum atomic E-state index is -0.417. The average molecular weight is 372 g/mol. The molecule has 0 bridgehead atoms. The van der Waals surface area contributed by atoms with Gasteiger partial charge in [0.05, 0.1) is 34.1 Å². The molecule has 0 radical (unpaired) electrons. The molecule has 8 nitrogen and oxygen atoms in total. The van der Waals surface area contributed by atoms with Crippen LogP contribution in [0.2, 0.25) is 0 Å². The summed E-state index contributed by atoms with van der Waals surface area (Å²) in [5.41, 5.74) is 3.00. The summed E-state index contributed by atoms with van der Waals surface area (Å²) >= 11 is 0. The van der Waals surface area contributed by atoms with Gasteiger partial charge in [-0.3, -0.25) is 10.1 Å². The van der Waals surface area contributed by atoms with Crippen LogP contribution in [0.15, 0.2) is 54.9 Å². The number of nitro benzene ring substituents is 1. The molecule has 2 aromatic heterocycles. The van der Waals surface area contributed by atoms with E-state index >= 15 is 0 Å². The van der Waals surface area contributed by atoms with Gasteiger partial charge < -0.3 is 9.13 Å². The molecule has 4 aromatic rings. The summed E-state index contributed by atoms with van der Waals surface area (Å²) in [6.45, 7) is 3.24. The first-order chi connectivity index (χ1) is 13.6. The minimum Gasteiger partial charge on any atom is -0.327 e. The monoisotopic (exact) mass is 372 g/mol. The Morgan fingerprint density at radius 2 is 2.11 bits per heavy atom. The smallest absolute Gasteiger partial charge is 0.270 e. The Morgan fingerprint density at radius 1 is 1.25 bits per heavy atom. The summed E-state index contributed by atoms with van der Waals surface area (Å²) in [7, 11) is 0. The number of aryl methyl sites for hydroxylation is 1. The zero-order valence-corrected chi connectivity index (χ0v) is 15.1. The summed E-state index contributed by atoms with van der Waals surface area (Å²) in [5, 5.41) is 20.2. The Bertz CT molecular complexity index is 1230. The van der Waals surface area contributed by atoms with Crippen LogP contribution >= 0.6 is 0 Å². The fraction of sp³-hybridized carbons (Fsp3) is 0.150. The van der Waals surface area contributed by atoms with Gasteiger partial charge in [-0.1, -0.05) is 12.1 Å². The van der Waals surface area contributed by atoms with Crippen molar-refractivity contribution >= 4 is 16.7 Å². The van der Waals surface area contributed by atoms with Gasteiger partial charge in [-0.15, -0.1) is 0 Å². The highest BCUT2D eigenvalue weighted by Crippen LogP contribution is 2.24. The molecule has 0 fully saturated rings. The molecule has 0 amide bonds. The van der Waals surface area contributed by atoms with Crippen LogP contribution in [0, 0.1) is 21.4 Å². The van der Waals surface area contributed by atoms with Gasteiger partial charge in [-0.25, -0.2) is 9.97 Å². The Balaban J connectivity index is 1.75. The zero-order chi connectivity index (χ0) is 19.7. The second kappa shape index (κ2) is 6.96. The van der Waals surface area contributed by atoms with Crippen LogP contribution in [0.1, 0.15) is 18.3 Å². The Labute approximate surface area is 160 Å². The average Bonchev–Trinajstić information content (AvgIpc) is 3.31. The van der Waals surface area contributed by atoms with E-state index in [2.05, 4.69) is 15.6 Å². The third kappa shape index (κ3) is 2.99. The Kier molecular flexibility index (Phi) is 4.33. The van der Waals surface area contributed by atoms with Crippen LogP contribution in [0.3, 0.4) is 0 Å². The first kappa shape index (κ1) is 17.4. The van der Waals surface area contributed by atoms with E-state index in [1.807, 2.05) is 23.8 Å². The number of nitriles is 1. The number of hydrogen-bond acceptors (Lipinski definition) is 5. The van der Waals surface area contributed by atoms with Crippen molar-refractivity contribution in [2.45, 2.75) is 20.0 Å². The fourth-order valence-corrected chi connectivity index (χ4v) is 3.33. The molecule has 0 aliphatic rings. The molecule has 0 saturated carbocycles. The Morgan fingerprint density at radius 3 is 2.86 bits per heavy atom. The van der Waals surface area contributed by atoms with Gasteiger partial charge in [-0.2, -0.15) is 5.26 Å². The number of hydrogen-bond donors (Lipinski definition) is 0. The van der Waals surface area contributed by atoms with E-state index in [1.54, 1.807) is 30.5 Å². The van der Waals surface area contributed by atoms with Gasteiger partial charge in [0.15, 0.2) is 0 Å². The van der Waals surface area contributed by atoms with Crippen molar-refractivity contribution in [3.63, 3.8) is 0 Å². The van der Waals surface area contributed by atoms with Crippen LogP contribution in [-0.2, 0) is 13.1 Å². The summed E-state index contributed by atoms with van der Waals surface area (Å²) in [5.74, 6) is 1.47. The lowest BCUT2D eigenvalue weighted by Crippen LogP contribution is -2.08. The van der Waals surface area contributed by atoms with Crippen molar-refractivity contribution in [3.8, 4) is 17.5 Å². The van der Waals surface area contributed by atoms with Gasteiger partial charge in [0.25, 0.3) is 5.69 Å². The molecule has 0 unspecified atom stereocenters. The van der Waals surface area contributed by atoms with Crippen LogP contribution in [0.4, 0.5) is 5.69 Å². The first-order valence-corrected chi connectivity index (χ1v) is 8.76. The second-order valence-corrected chi connectivity index (χ2v) is 6.27. The van der Waals surface area contributed by atoms with Gasteiger partial charge in [0, 0.05) is 36.6 Å². The predicted molar refractivity (Wildman–Crippen MR) is 104 cm³/mol. The SMILES string of the molecule is CCn1c(Cn2ccnc2-c2cccc([N+](=O)[O-])c2)nc2cc(C#N)ccc21. The van der Waals surface area contributed by atoms with Crippen LogP contribution in [0.25, 0.3) is 22.4 Å². The highest BCUT2D eigenvalue weighted by molar-refractivity contribution is 5.77. The maximum atomic E-state index is 11.1. The molecule has 0 aliphatic heterocycles. The number of non-ortho nitro benzene ring substituents is 1. The van der Waals surface area contributed by atoms with E-state index < -0.39 is 4.92 Å². The van der Waals surface area contributed by atoms with E-state index in [-0.39, 0.29) is 5.69 Å². The highest BCUT2D eigenvalue weighted by Gasteiger charge is 2.15. The molecule has 2 heterocycles. The molecule has 0 N–H and O–H groups in total. The zero-order valence-electron chi connectivity index (χ0n) is 15.1. The number of nitrogens with zero attached hydrogens (tertiary/aromatic N) is 6. The fourth-order valence-electron chi connectivity index (χ4n) is 3.33. The van der Waals surface area contributed by atoms with Crippen molar-refractivity contribution in [1.82, 2.24) is 19.1 Å². The first-order valence-electron chi connectivity index (χ1n) is 8.76. The quantitative estimate of drug-likeness (QED) is 0.392. The molecule has 0 atom stereocenters. The lowest BCUT2D eigenvalue weighted by molar-refractivity contribution is -0.384. The third-order valence-electron chi connectivity index (χ3n) is 4.62. The van der Waals surface area contributed by atoms with E-state index in [0.29, 0.717) is 23.5 Å². The topological polar surface area (TPSA) is 103 Å². The number of rotatable bonds is 5. The maximum Gasteiger partial charge on any atom is 0.270 e. The number of imidazole rings is 2. The van der Waals surface area contributed by atoms with Crippen molar-refractivity contribution < 1.29 is 4.92 Å². The van der Waals surface area contributed by atoms with E-state index in [9.17, 15) is 10.1 Å². The molecular formula is C20H16N6O2. The van der Waals surface area contributed by atoms with Gasteiger partial charge in [0.2, 0.25) is 0 Å². The van der Waals surface area contributed by atoms with Gasteiger partial charge >= 0.3 is 0 Å². The molecule has 0 aliphatic carbocycles. The van der Waals surface area contributed by atoms with Gasteiger partial charge in [-0.05, 0) is 25.1 Å². The standard InChI is InChI=1S/C20H16N6O2/c1-2-25-18-7-6-14(12-21)10-17(18)23-19(25)13-24-9-8-22-20(24)15-4-3-5-16(11-15)26(27)28/h3-11H,2,13H2,1H3. The minimum absolute atomic E-state index is 0.0249. The highest BCUT2D eigenvalue weighted by atomic mass is 16.6. The van der Waals surface area contributed by atoms with Crippen molar-refractivity contribution in [2.75, 3.05) is 0 Å². The summed E-state index contributed by atoms with van der Waals surface area (Å²) in [4.78, 5) is 19.7. The van der Waals surface area contributed by atoms with E-state index in [0.717, 1.165) is 23.4 Å². The predicted octanol–water partition coefficient (Wildman–Crippen LogP) is 3.75. The van der Waals surface area contributed by atoms with Crippen molar-refractivity contribution in [1.29, 1.82) is 5.26 Å². The molecular weight excluding hydrogens is 356 g/mol. The van der Waals surface area contributed by atoms with Crippen molar-refractivity contribution in [3.05, 3.63) is 76.4 Å². The largest absolute Gasteiger partial charge is 0.327 e. The lowest BCUT2D eigenvalue weighted by atomic mass is 10.2. The molecule has 0 saturated heterocycles. The van der Waals surface area contributed by atoms with Crippen LogP contribution in [-0.4, -0.2) is 24.0 Å². The number of benzene rings is 2. The maximum absolute atomic E-state index is 11.1. The number of fused-ring (bicyclic) bond motifs is 1. The summed E-state index contributed by atoms with van der Waals surface area (Å²) < 4.78 is 4.01. The molecule has 4 rings (SSSR count). The summed E-state index contributed by atoms with van der Waals surface area (Å²) in [6.07, 6.45) is 3.50. The lowest BCUT2D eigenvalue weighted by Gasteiger charge is -2.10. The van der Waals surface area contributed by atoms with E-state index in [4.69, 9.17) is 10.2 Å². The molecule has 0 spiro atoms. The Hall–Kier alpha value is -3.99. The second-order valence-electron chi connectivity index (χ2n) is 6.27. The molecule has 28 heavy (non-hydrogen) atoms. The number of nitro groups is 1. The van der Waals surface area contributed by atoms with Crippen molar-refractivity contribution in [2.24, 2.45) is 0 Å².